The fraction of sp³-hybridized carbons (Fsp3) is 0. The molecule has 0 radical (unpaired) electrons. The summed E-state index contributed by atoms with van der Waals surface area (Å²) in [5.74, 6) is 1.90. The third-order valence-electron chi connectivity index (χ3n) is 10.4. The van der Waals surface area contributed by atoms with E-state index in [1.807, 2.05) is 60.7 Å². The van der Waals surface area contributed by atoms with E-state index in [9.17, 15) is 0 Å². The van der Waals surface area contributed by atoms with E-state index in [-0.39, 0.29) is 0 Å². The Labute approximate surface area is 325 Å². The van der Waals surface area contributed by atoms with E-state index in [1.165, 1.54) is 16.5 Å². The third kappa shape index (κ3) is 6.09. The Kier molecular flexibility index (Phi) is 8.47. The van der Waals surface area contributed by atoms with Crippen LogP contribution in [0.2, 0.25) is 0 Å². The number of fused-ring (bicyclic) bond motifs is 3. The lowest BCUT2D eigenvalue weighted by Crippen LogP contribution is -2.00. The molecular weight excluding hydrogens is 681 g/mol. The summed E-state index contributed by atoms with van der Waals surface area (Å²) >= 11 is 0. The van der Waals surface area contributed by atoms with E-state index in [2.05, 4.69) is 146 Å². The second-order valence-electron chi connectivity index (χ2n) is 13.8. The minimum Gasteiger partial charge on any atom is -0.246 e. The molecule has 56 heavy (non-hydrogen) atoms. The van der Waals surface area contributed by atoms with Crippen LogP contribution in [0.1, 0.15) is 0 Å². The van der Waals surface area contributed by atoms with Gasteiger partial charge in [0, 0.05) is 44.0 Å². The van der Waals surface area contributed by atoms with E-state index < -0.39 is 0 Å². The van der Waals surface area contributed by atoms with E-state index in [0.29, 0.717) is 17.5 Å². The van der Waals surface area contributed by atoms with Crippen molar-refractivity contribution in [3.8, 4) is 78.8 Å². The van der Waals surface area contributed by atoms with Gasteiger partial charge in [0.15, 0.2) is 17.5 Å². The minimum atomic E-state index is 0.624. The second kappa shape index (κ2) is 14.3. The largest absolute Gasteiger partial charge is 0.246 e. The molecule has 8 aromatic carbocycles. The van der Waals surface area contributed by atoms with Crippen LogP contribution in [0.3, 0.4) is 0 Å². The van der Waals surface area contributed by atoms with Gasteiger partial charge in [-0.2, -0.15) is 0 Å². The molecule has 0 N–H and O–H groups in total. The lowest BCUT2D eigenvalue weighted by Gasteiger charge is -2.18. The van der Waals surface area contributed by atoms with Crippen molar-refractivity contribution in [2.75, 3.05) is 0 Å². The number of hydrogen-bond acceptors (Lipinski definition) is 4. The Morgan fingerprint density at radius 1 is 0.232 bits per heavy atom. The summed E-state index contributed by atoms with van der Waals surface area (Å²) in [6, 6.07) is 71.7. The van der Waals surface area contributed by atoms with Crippen LogP contribution in [0.5, 0.6) is 0 Å². The Hall–Kier alpha value is -7.56. The molecule has 0 spiro atoms. The summed E-state index contributed by atoms with van der Waals surface area (Å²) in [4.78, 5) is 20.4. The molecule has 0 unspecified atom stereocenters. The molecule has 0 bridgehead atoms. The van der Waals surface area contributed by atoms with E-state index in [4.69, 9.17) is 19.9 Å². The molecule has 0 amide bonds. The molecule has 0 saturated heterocycles. The molecule has 0 saturated carbocycles. The molecule has 4 nitrogen and oxygen atoms in total. The molecule has 0 aliphatic rings. The van der Waals surface area contributed by atoms with Crippen LogP contribution >= 0.6 is 0 Å². The van der Waals surface area contributed by atoms with Gasteiger partial charge in [-0.3, -0.25) is 0 Å². The number of rotatable bonds is 7. The molecule has 0 atom stereocenters. The van der Waals surface area contributed by atoms with Crippen molar-refractivity contribution in [2.45, 2.75) is 0 Å². The molecule has 2 aromatic heterocycles. The van der Waals surface area contributed by atoms with Gasteiger partial charge in [-0.05, 0) is 27.8 Å². The second-order valence-corrected chi connectivity index (χ2v) is 13.8. The van der Waals surface area contributed by atoms with Crippen molar-refractivity contribution in [1.82, 2.24) is 19.9 Å². The number of pyridine rings is 1. The van der Waals surface area contributed by atoms with E-state index in [1.54, 1.807) is 0 Å². The van der Waals surface area contributed by atoms with Gasteiger partial charge in [-0.15, -0.1) is 0 Å². The van der Waals surface area contributed by atoms with Gasteiger partial charge in [0.25, 0.3) is 0 Å². The Bertz CT molecular complexity index is 2930. The Morgan fingerprint density at radius 2 is 0.607 bits per heavy atom. The van der Waals surface area contributed by atoms with Gasteiger partial charge in [-0.25, -0.2) is 19.9 Å². The molecule has 262 valence electrons. The number of aromatic nitrogens is 4. The maximum atomic E-state index is 5.61. The van der Waals surface area contributed by atoms with Gasteiger partial charge in [0.1, 0.15) is 0 Å². The Morgan fingerprint density at radius 3 is 1.16 bits per heavy atom. The van der Waals surface area contributed by atoms with Gasteiger partial charge >= 0.3 is 0 Å². The summed E-state index contributed by atoms with van der Waals surface area (Å²) < 4.78 is 0. The average molecular weight is 715 g/mol. The molecule has 2 heterocycles. The average Bonchev–Trinajstić information content (AvgIpc) is 3.29. The van der Waals surface area contributed by atoms with Gasteiger partial charge in [0.05, 0.1) is 11.2 Å². The molecule has 0 aliphatic carbocycles. The van der Waals surface area contributed by atoms with Crippen molar-refractivity contribution < 1.29 is 0 Å². The number of para-hydroxylation sites is 1. The summed E-state index contributed by atoms with van der Waals surface area (Å²) in [5, 5.41) is 3.42. The normalized spacial score (nSPS) is 11.2. The van der Waals surface area contributed by atoms with E-state index in [0.717, 1.165) is 66.5 Å². The van der Waals surface area contributed by atoms with E-state index >= 15 is 0 Å². The highest BCUT2D eigenvalue weighted by molar-refractivity contribution is 6.19. The van der Waals surface area contributed by atoms with Crippen molar-refractivity contribution in [2.24, 2.45) is 0 Å². The SMILES string of the molecule is c1ccc(-c2nc(-c3ccccc3)nc(-c3ccc(-c4cccc5c4nc(-c4ccccc4-c4ccccc4)c4cccc(-c6ccccc6)c45)cc3)n2)cc1. The first-order chi connectivity index (χ1) is 27.8. The lowest BCUT2D eigenvalue weighted by atomic mass is 9.89. The monoisotopic (exact) mass is 714 g/mol. The van der Waals surface area contributed by atoms with Crippen molar-refractivity contribution >= 4 is 21.7 Å². The number of benzene rings is 8. The summed E-state index contributed by atoms with van der Waals surface area (Å²) in [7, 11) is 0. The summed E-state index contributed by atoms with van der Waals surface area (Å²) in [5.41, 5.74) is 12.6. The highest BCUT2D eigenvalue weighted by Gasteiger charge is 2.19. The molecule has 10 rings (SSSR count). The zero-order chi connectivity index (χ0) is 37.3. The zero-order valence-electron chi connectivity index (χ0n) is 30.4. The van der Waals surface area contributed by atoms with Crippen LogP contribution in [0.25, 0.3) is 100 Å². The van der Waals surface area contributed by atoms with Crippen molar-refractivity contribution in [1.29, 1.82) is 0 Å². The molecule has 0 aliphatic heterocycles. The lowest BCUT2D eigenvalue weighted by molar-refractivity contribution is 1.07. The van der Waals surface area contributed by atoms with Crippen LogP contribution in [-0.2, 0) is 0 Å². The van der Waals surface area contributed by atoms with Gasteiger partial charge in [0.2, 0.25) is 0 Å². The minimum absolute atomic E-state index is 0.624. The van der Waals surface area contributed by atoms with Crippen LogP contribution < -0.4 is 0 Å². The summed E-state index contributed by atoms with van der Waals surface area (Å²) in [6.45, 7) is 0. The third-order valence-corrected chi connectivity index (χ3v) is 10.4. The quantitative estimate of drug-likeness (QED) is 0.154. The number of hydrogen-bond donors (Lipinski definition) is 0. The molecule has 0 fully saturated rings. The standard InChI is InChI=1S/C52H34N4/c1-5-17-35(18-6-1)41-25-13-14-26-44(41)49-46-29-15-27-42(36-19-7-2-8-20-36)47(46)45-30-16-28-43(48(45)53-49)37-31-33-40(34-32-37)52-55-50(38-21-9-3-10-22-38)54-51(56-52)39-23-11-4-12-24-39/h1-34H. The number of nitrogens with zero attached hydrogens (tertiary/aromatic N) is 4. The highest BCUT2D eigenvalue weighted by Crippen LogP contribution is 2.43. The zero-order valence-corrected chi connectivity index (χ0v) is 30.4. The predicted octanol–water partition coefficient (Wildman–Crippen LogP) is 13.2. The fourth-order valence-electron chi connectivity index (χ4n) is 7.67. The molecular formula is C52H34N4. The molecule has 10 aromatic rings. The first-order valence-electron chi connectivity index (χ1n) is 18.8. The predicted molar refractivity (Wildman–Crippen MR) is 231 cm³/mol. The van der Waals surface area contributed by atoms with Crippen LogP contribution in [0.4, 0.5) is 0 Å². The van der Waals surface area contributed by atoms with Crippen molar-refractivity contribution in [3.05, 3.63) is 206 Å². The maximum absolute atomic E-state index is 5.61. The van der Waals surface area contributed by atoms with Crippen LogP contribution in [0, 0.1) is 0 Å². The summed E-state index contributed by atoms with van der Waals surface area (Å²) in [6.07, 6.45) is 0. The van der Waals surface area contributed by atoms with Crippen LogP contribution in [-0.4, -0.2) is 19.9 Å². The molecule has 4 heteroatoms. The van der Waals surface area contributed by atoms with Crippen LogP contribution in [0.15, 0.2) is 206 Å². The fourth-order valence-corrected chi connectivity index (χ4v) is 7.67. The highest BCUT2D eigenvalue weighted by atomic mass is 15.0. The smallest absolute Gasteiger partial charge is 0.164 e. The maximum Gasteiger partial charge on any atom is 0.164 e. The Balaban J connectivity index is 1.17. The van der Waals surface area contributed by atoms with Crippen molar-refractivity contribution in [3.63, 3.8) is 0 Å². The first-order valence-corrected chi connectivity index (χ1v) is 18.8. The van der Waals surface area contributed by atoms with Gasteiger partial charge < -0.3 is 0 Å². The first kappa shape index (κ1) is 33.0. The van der Waals surface area contributed by atoms with Gasteiger partial charge in [-0.1, -0.05) is 206 Å². The topological polar surface area (TPSA) is 51.6 Å².